The molecule has 1 aliphatic heterocycles. The molecule has 1 aromatic carbocycles. The van der Waals surface area contributed by atoms with Crippen LogP contribution in [0.5, 0.6) is 0 Å². The van der Waals surface area contributed by atoms with Gasteiger partial charge in [0.05, 0.1) is 32.0 Å². The van der Waals surface area contributed by atoms with Crippen LogP contribution in [0, 0.1) is 5.82 Å². The molecule has 2 amide bonds. The van der Waals surface area contributed by atoms with E-state index in [1.807, 2.05) is 0 Å². The average Bonchev–Trinajstić information content (AvgIpc) is 2.50. The summed E-state index contributed by atoms with van der Waals surface area (Å²) in [5, 5.41) is 2.49. The van der Waals surface area contributed by atoms with Gasteiger partial charge in [0, 0.05) is 13.1 Å². The normalized spacial score (nSPS) is 15.0. The molecule has 1 saturated heterocycles. The summed E-state index contributed by atoms with van der Waals surface area (Å²) in [4.78, 5) is 27.2. The van der Waals surface area contributed by atoms with Gasteiger partial charge < -0.3 is 15.0 Å². The van der Waals surface area contributed by atoms with E-state index in [1.54, 1.807) is 29.0 Å². The minimum absolute atomic E-state index is 0.0183. The van der Waals surface area contributed by atoms with Gasteiger partial charge in [-0.15, -0.1) is 0 Å². The molecule has 0 bridgehead atoms. The van der Waals surface area contributed by atoms with Crippen molar-refractivity contribution in [2.24, 2.45) is 0 Å². The molecule has 1 heterocycles. The number of benzene rings is 1. The minimum atomic E-state index is -0.483. The van der Waals surface area contributed by atoms with Crippen molar-refractivity contribution in [2.45, 2.75) is 0 Å². The van der Waals surface area contributed by atoms with Crippen LogP contribution in [0.15, 0.2) is 24.3 Å². The number of ether oxygens (including phenoxy) is 1. The lowest BCUT2D eigenvalue weighted by molar-refractivity contribution is -0.136. The number of rotatable bonds is 5. The molecule has 120 valence electrons. The van der Waals surface area contributed by atoms with Crippen molar-refractivity contribution in [3.8, 4) is 0 Å². The van der Waals surface area contributed by atoms with Gasteiger partial charge in [-0.2, -0.15) is 0 Å². The van der Waals surface area contributed by atoms with Crippen LogP contribution in [-0.4, -0.2) is 68.1 Å². The Hall–Kier alpha value is -1.99. The highest BCUT2D eigenvalue weighted by atomic mass is 19.1. The average molecular weight is 309 g/mol. The van der Waals surface area contributed by atoms with Gasteiger partial charge in [0.1, 0.15) is 5.82 Å². The van der Waals surface area contributed by atoms with E-state index in [1.165, 1.54) is 12.1 Å². The van der Waals surface area contributed by atoms with E-state index >= 15 is 0 Å². The van der Waals surface area contributed by atoms with E-state index in [4.69, 9.17) is 4.74 Å². The second-order valence-electron chi connectivity index (χ2n) is 5.19. The summed E-state index contributed by atoms with van der Waals surface area (Å²) in [5.41, 5.74) is 0.139. The SMILES string of the molecule is CN(CC(=O)Nc1ccccc1F)CC(=O)N1CCOCC1. The quantitative estimate of drug-likeness (QED) is 0.863. The summed E-state index contributed by atoms with van der Waals surface area (Å²) in [6.07, 6.45) is 0. The lowest BCUT2D eigenvalue weighted by Gasteiger charge is -2.28. The molecule has 2 rings (SSSR count). The fourth-order valence-electron chi connectivity index (χ4n) is 2.20. The van der Waals surface area contributed by atoms with Crippen molar-refractivity contribution >= 4 is 17.5 Å². The maximum atomic E-state index is 13.4. The maximum Gasteiger partial charge on any atom is 0.238 e. The Labute approximate surface area is 128 Å². The smallest absolute Gasteiger partial charge is 0.238 e. The minimum Gasteiger partial charge on any atom is -0.378 e. The van der Waals surface area contributed by atoms with Gasteiger partial charge in [-0.1, -0.05) is 12.1 Å². The van der Waals surface area contributed by atoms with E-state index in [0.29, 0.717) is 26.3 Å². The first-order chi connectivity index (χ1) is 10.6. The van der Waals surface area contributed by atoms with Crippen molar-refractivity contribution in [2.75, 3.05) is 51.8 Å². The summed E-state index contributed by atoms with van der Waals surface area (Å²) in [6.45, 7) is 2.41. The first-order valence-corrected chi connectivity index (χ1v) is 7.14. The zero-order valence-corrected chi connectivity index (χ0v) is 12.5. The number of hydrogen-bond donors (Lipinski definition) is 1. The monoisotopic (exact) mass is 309 g/mol. The zero-order valence-electron chi connectivity index (χ0n) is 12.5. The molecule has 0 saturated carbocycles. The van der Waals surface area contributed by atoms with Crippen LogP contribution in [-0.2, 0) is 14.3 Å². The second-order valence-corrected chi connectivity index (χ2v) is 5.19. The number of carbonyl (C=O) groups excluding carboxylic acids is 2. The van der Waals surface area contributed by atoms with Gasteiger partial charge in [0.25, 0.3) is 0 Å². The number of morpholine rings is 1. The third-order valence-electron chi connectivity index (χ3n) is 3.33. The first-order valence-electron chi connectivity index (χ1n) is 7.14. The molecule has 7 heteroatoms. The topological polar surface area (TPSA) is 61.9 Å². The standard InChI is InChI=1S/C15H20FN3O3/c1-18(11-15(21)19-6-8-22-9-7-19)10-14(20)17-13-5-3-2-4-12(13)16/h2-5H,6-11H2,1H3,(H,17,20). The number of amides is 2. The Morgan fingerprint density at radius 1 is 1.27 bits per heavy atom. The lowest BCUT2D eigenvalue weighted by Crippen LogP contribution is -2.46. The number of anilines is 1. The number of halogens is 1. The van der Waals surface area contributed by atoms with Gasteiger partial charge in [0.15, 0.2) is 0 Å². The molecule has 1 aliphatic rings. The van der Waals surface area contributed by atoms with Gasteiger partial charge in [-0.05, 0) is 19.2 Å². The van der Waals surface area contributed by atoms with E-state index in [-0.39, 0.29) is 30.6 Å². The number of para-hydroxylation sites is 1. The Kier molecular flexibility index (Phi) is 5.85. The number of hydrogen-bond acceptors (Lipinski definition) is 4. The highest BCUT2D eigenvalue weighted by Crippen LogP contribution is 2.12. The third-order valence-corrected chi connectivity index (χ3v) is 3.33. The van der Waals surface area contributed by atoms with Gasteiger partial charge in [-0.25, -0.2) is 4.39 Å². The van der Waals surface area contributed by atoms with E-state index in [2.05, 4.69) is 5.32 Å². The Morgan fingerprint density at radius 2 is 1.95 bits per heavy atom. The van der Waals surface area contributed by atoms with Gasteiger partial charge in [-0.3, -0.25) is 14.5 Å². The zero-order chi connectivity index (χ0) is 15.9. The molecule has 1 aromatic rings. The summed E-state index contributed by atoms with van der Waals surface area (Å²) >= 11 is 0. The number of nitrogens with zero attached hydrogens (tertiary/aromatic N) is 2. The summed E-state index contributed by atoms with van der Waals surface area (Å²) in [7, 11) is 1.68. The molecule has 1 N–H and O–H groups in total. The van der Waals surface area contributed by atoms with Crippen molar-refractivity contribution in [1.29, 1.82) is 0 Å². The molecule has 0 aromatic heterocycles. The van der Waals surface area contributed by atoms with Crippen LogP contribution < -0.4 is 5.32 Å². The van der Waals surface area contributed by atoms with Crippen molar-refractivity contribution in [3.05, 3.63) is 30.1 Å². The van der Waals surface area contributed by atoms with Crippen LogP contribution in [0.1, 0.15) is 0 Å². The van der Waals surface area contributed by atoms with E-state index in [9.17, 15) is 14.0 Å². The molecule has 0 spiro atoms. The maximum absolute atomic E-state index is 13.4. The van der Waals surface area contributed by atoms with Crippen molar-refractivity contribution in [3.63, 3.8) is 0 Å². The lowest BCUT2D eigenvalue weighted by atomic mass is 10.3. The molecule has 1 fully saturated rings. The first kappa shape index (κ1) is 16.4. The Bertz CT molecular complexity index is 533. The molecule has 0 unspecified atom stereocenters. The van der Waals surface area contributed by atoms with Crippen LogP contribution in [0.25, 0.3) is 0 Å². The van der Waals surface area contributed by atoms with Gasteiger partial charge in [0.2, 0.25) is 11.8 Å². The summed E-state index contributed by atoms with van der Waals surface area (Å²) in [6, 6.07) is 5.97. The largest absolute Gasteiger partial charge is 0.378 e. The number of carbonyl (C=O) groups is 2. The fourth-order valence-corrected chi connectivity index (χ4v) is 2.20. The van der Waals surface area contributed by atoms with Crippen LogP contribution in [0.2, 0.25) is 0 Å². The molecular weight excluding hydrogens is 289 g/mol. The van der Waals surface area contributed by atoms with E-state index in [0.717, 1.165) is 0 Å². The van der Waals surface area contributed by atoms with Crippen LogP contribution >= 0.6 is 0 Å². The summed E-state index contributed by atoms with van der Waals surface area (Å²) in [5.74, 6) is -0.880. The summed E-state index contributed by atoms with van der Waals surface area (Å²) < 4.78 is 18.6. The Morgan fingerprint density at radius 3 is 2.64 bits per heavy atom. The van der Waals surface area contributed by atoms with Crippen LogP contribution in [0.4, 0.5) is 10.1 Å². The van der Waals surface area contributed by atoms with Gasteiger partial charge >= 0.3 is 0 Å². The highest BCUT2D eigenvalue weighted by Gasteiger charge is 2.19. The molecule has 6 nitrogen and oxygen atoms in total. The molecular formula is C15H20FN3O3. The van der Waals surface area contributed by atoms with Crippen molar-refractivity contribution in [1.82, 2.24) is 9.80 Å². The fraction of sp³-hybridized carbons (Fsp3) is 0.467. The predicted octanol–water partition coefficient (Wildman–Crippen LogP) is 0.555. The molecule has 0 aliphatic carbocycles. The molecule has 0 radical (unpaired) electrons. The highest BCUT2D eigenvalue weighted by molar-refractivity contribution is 5.92. The molecule has 22 heavy (non-hydrogen) atoms. The third kappa shape index (κ3) is 4.78. The Balaban J connectivity index is 1.78. The number of nitrogens with one attached hydrogen (secondary N) is 1. The van der Waals surface area contributed by atoms with Crippen molar-refractivity contribution < 1.29 is 18.7 Å². The number of likely N-dealkylation sites (N-methyl/N-ethyl adjacent to an activating group) is 1. The van der Waals surface area contributed by atoms with Crippen LogP contribution in [0.3, 0.4) is 0 Å². The predicted molar refractivity (Wildman–Crippen MR) is 79.9 cm³/mol. The molecule has 0 atom stereocenters. The van der Waals surface area contributed by atoms with E-state index < -0.39 is 5.82 Å². The second kappa shape index (κ2) is 7.86.